The van der Waals surface area contributed by atoms with E-state index in [2.05, 4.69) is 33.4 Å². The number of carbonyl (C=O) groups is 1. The highest BCUT2D eigenvalue weighted by molar-refractivity contribution is 5.81. The van der Waals surface area contributed by atoms with Gasteiger partial charge in [0.15, 0.2) is 0 Å². The van der Waals surface area contributed by atoms with Crippen molar-refractivity contribution in [1.29, 1.82) is 0 Å². The summed E-state index contributed by atoms with van der Waals surface area (Å²) in [5.41, 5.74) is 5.60. The lowest BCUT2D eigenvalue weighted by molar-refractivity contribution is -0.131. The van der Waals surface area contributed by atoms with Crippen molar-refractivity contribution in [3.63, 3.8) is 0 Å². The maximum Gasteiger partial charge on any atom is 0.328 e. The molecule has 2 rings (SSSR count). The smallest absolute Gasteiger partial charge is 0.328 e. The number of aliphatic carboxylic acids is 1. The van der Waals surface area contributed by atoms with Crippen LogP contribution in [0.1, 0.15) is 59.8 Å². The molecule has 0 saturated carbocycles. The van der Waals surface area contributed by atoms with Gasteiger partial charge in [-0.05, 0) is 66.6 Å². The number of carboxylic acid groups (broad SMARTS) is 1. The second kappa shape index (κ2) is 5.91. The minimum atomic E-state index is -0.891. The summed E-state index contributed by atoms with van der Waals surface area (Å²) in [4.78, 5) is 10.7. The second-order valence-electron chi connectivity index (χ2n) is 7.74. The molecule has 0 aromatic rings. The van der Waals surface area contributed by atoms with Crippen LogP contribution in [0.25, 0.3) is 0 Å². The largest absolute Gasteiger partial charge is 0.478 e. The van der Waals surface area contributed by atoms with Crippen LogP contribution in [0.5, 0.6) is 0 Å². The molecule has 0 saturated heterocycles. The Balaban J connectivity index is 2.13. The topological polar surface area (TPSA) is 37.3 Å². The van der Waals surface area contributed by atoms with Crippen molar-refractivity contribution >= 4 is 5.97 Å². The third kappa shape index (κ3) is 3.26. The Hall–Kier alpha value is -1.57. The number of carboxylic acids is 1. The molecule has 0 aromatic carbocycles. The maximum absolute atomic E-state index is 10.7. The van der Waals surface area contributed by atoms with Crippen LogP contribution in [0.3, 0.4) is 0 Å². The van der Waals surface area contributed by atoms with Gasteiger partial charge < -0.3 is 5.11 Å². The SMILES string of the molecule is C=C1C2=C(C[C@@]1(C)C/C=C/C(C)=C/C(=O)O)C(C)(C)CCC2. The van der Waals surface area contributed by atoms with Gasteiger partial charge in [0.25, 0.3) is 0 Å². The van der Waals surface area contributed by atoms with Crippen molar-refractivity contribution in [2.75, 3.05) is 0 Å². The van der Waals surface area contributed by atoms with Gasteiger partial charge in [-0.15, -0.1) is 0 Å². The second-order valence-corrected chi connectivity index (χ2v) is 7.74. The van der Waals surface area contributed by atoms with Crippen molar-refractivity contribution in [3.05, 3.63) is 47.1 Å². The van der Waals surface area contributed by atoms with Gasteiger partial charge in [0.05, 0.1) is 0 Å². The van der Waals surface area contributed by atoms with Crippen LogP contribution in [-0.2, 0) is 4.79 Å². The Morgan fingerprint density at radius 1 is 1.36 bits per heavy atom. The molecule has 1 atom stereocenters. The molecule has 2 heteroatoms. The molecule has 0 spiro atoms. The van der Waals surface area contributed by atoms with Gasteiger partial charge in [0.2, 0.25) is 0 Å². The first-order valence-electron chi connectivity index (χ1n) is 8.16. The Bertz CT molecular complexity index is 587. The van der Waals surface area contributed by atoms with Crippen molar-refractivity contribution in [3.8, 4) is 0 Å². The third-order valence-electron chi connectivity index (χ3n) is 5.37. The van der Waals surface area contributed by atoms with Crippen LogP contribution in [0.2, 0.25) is 0 Å². The third-order valence-corrected chi connectivity index (χ3v) is 5.37. The van der Waals surface area contributed by atoms with Gasteiger partial charge in [-0.25, -0.2) is 4.79 Å². The molecule has 22 heavy (non-hydrogen) atoms. The summed E-state index contributed by atoms with van der Waals surface area (Å²) < 4.78 is 0. The van der Waals surface area contributed by atoms with E-state index in [4.69, 9.17) is 5.11 Å². The first-order valence-corrected chi connectivity index (χ1v) is 8.16. The van der Waals surface area contributed by atoms with Crippen molar-refractivity contribution in [2.24, 2.45) is 10.8 Å². The van der Waals surface area contributed by atoms with Gasteiger partial charge in [0, 0.05) is 6.08 Å². The molecular formula is C20H28O2. The van der Waals surface area contributed by atoms with E-state index in [9.17, 15) is 4.79 Å². The van der Waals surface area contributed by atoms with E-state index >= 15 is 0 Å². The Morgan fingerprint density at radius 2 is 2.05 bits per heavy atom. The van der Waals surface area contributed by atoms with E-state index in [1.807, 2.05) is 13.0 Å². The molecule has 0 amide bonds. The van der Waals surface area contributed by atoms with Crippen LogP contribution in [0, 0.1) is 10.8 Å². The van der Waals surface area contributed by atoms with Crippen LogP contribution >= 0.6 is 0 Å². The lowest BCUT2D eigenvalue weighted by Crippen LogP contribution is -2.19. The molecule has 0 bridgehead atoms. The quantitative estimate of drug-likeness (QED) is 0.554. The zero-order valence-corrected chi connectivity index (χ0v) is 14.3. The van der Waals surface area contributed by atoms with Crippen LogP contribution < -0.4 is 0 Å². The van der Waals surface area contributed by atoms with Gasteiger partial charge in [-0.1, -0.05) is 45.1 Å². The summed E-state index contributed by atoms with van der Waals surface area (Å²) >= 11 is 0. The van der Waals surface area contributed by atoms with Gasteiger partial charge in [-0.2, -0.15) is 0 Å². The predicted molar refractivity (Wildman–Crippen MR) is 91.7 cm³/mol. The Labute approximate surface area is 134 Å². The number of rotatable bonds is 4. The normalized spacial score (nSPS) is 28.4. The minimum absolute atomic E-state index is 0.0896. The lowest BCUT2D eigenvalue weighted by Gasteiger charge is -2.32. The summed E-state index contributed by atoms with van der Waals surface area (Å²) in [6.07, 6.45) is 11.0. The van der Waals surface area contributed by atoms with E-state index in [1.54, 1.807) is 5.57 Å². The van der Waals surface area contributed by atoms with E-state index < -0.39 is 5.97 Å². The standard InChI is InChI=1S/C20H28O2/c1-14(12-18(21)22)8-6-11-20(5)13-17-16(15(20)2)9-7-10-19(17,3)4/h6,8,12H,2,7,9-11,13H2,1,3-5H3,(H,21,22)/b8-6+,14-12+/t20-/m1/s1. The van der Waals surface area contributed by atoms with Gasteiger partial charge >= 0.3 is 5.97 Å². The average molecular weight is 300 g/mol. The van der Waals surface area contributed by atoms with Crippen LogP contribution in [0.4, 0.5) is 0 Å². The monoisotopic (exact) mass is 300 g/mol. The molecule has 2 aliphatic rings. The molecule has 2 nitrogen and oxygen atoms in total. The Kier molecular flexibility index (Phi) is 4.51. The minimum Gasteiger partial charge on any atom is -0.478 e. The summed E-state index contributed by atoms with van der Waals surface area (Å²) in [6.45, 7) is 13.2. The van der Waals surface area contributed by atoms with Crippen molar-refractivity contribution in [2.45, 2.75) is 59.8 Å². The van der Waals surface area contributed by atoms with Gasteiger partial charge in [0.1, 0.15) is 0 Å². The lowest BCUT2D eigenvalue weighted by atomic mass is 9.72. The molecule has 0 aromatic heterocycles. The highest BCUT2D eigenvalue weighted by atomic mass is 16.4. The van der Waals surface area contributed by atoms with E-state index in [0.29, 0.717) is 5.41 Å². The molecule has 0 heterocycles. The van der Waals surface area contributed by atoms with Crippen molar-refractivity contribution < 1.29 is 9.90 Å². The number of hydrogen-bond acceptors (Lipinski definition) is 1. The zero-order chi connectivity index (χ0) is 16.5. The highest BCUT2D eigenvalue weighted by Gasteiger charge is 2.43. The molecule has 2 aliphatic carbocycles. The van der Waals surface area contributed by atoms with E-state index in [0.717, 1.165) is 18.4 Å². The number of hydrogen-bond donors (Lipinski definition) is 1. The van der Waals surface area contributed by atoms with Crippen LogP contribution in [-0.4, -0.2) is 11.1 Å². The summed E-state index contributed by atoms with van der Waals surface area (Å²) in [5, 5.41) is 8.75. The number of allylic oxidation sites excluding steroid dienone is 6. The van der Waals surface area contributed by atoms with Gasteiger partial charge in [-0.3, -0.25) is 0 Å². The first kappa shape index (κ1) is 16.8. The molecule has 120 valence electrons. The summed E-state index contributed by atoms with van der Waals surface area (Å²) in [5.74, 6) is -0.891. The molecular weight excluding hydrogens is 272 g/mol. The Morgan fingerprint density at radius 3 is 2.64 bits per heavy atom. The van der Waals surface area contributed by atoms with E-state index in [-0.39, 0.29) is 5.41 Å². The fraction of sp³-hybridized carbons (Fsp3) is 0.550. The fourth-order valence-electron chi connectivity index (χ4n) is 3.90. The molecule has 0 radical (unpaired) electrons. The van der Waals surface area contributed by atoms with E-state index in [1.165, 1.54) is 36.5 Å². The van der Waals surface area contributed by atoms with Crippen LogP contribution in [0.15, 0.2) is 47.1 Å². The fourth-order valence-corrected chi connectivity index (χ4v) is 3.90. The summed E-state index contributed by atoms with van der Waals surface area (Å²) in [7, 11) is 0. The molecule has 0 aliphatic heterocycles. The highest BCUT2D eigenvalue weighted by Crippen LogP contribution is 2.57. The molecule has 0 fully saturated rings. The molecule has 0 unspecified atom stereocenters. The zero-order valence-electron chi connectivity index (χ0n) is 14.3. The summed E-state index contributed by atoms with van der Waals surface area (Å²) in [6, 6.07) is 0. The first-order chi connectivity index (χ1) is 10.2. The van der Waals surface area contributed by atoms with Crippen molar-refractivity contribution in [1.82, 2.24) is 0 Å². The predicted octanol–water partition coefficient (Wildman–Crippen LogP) is 5.44. The maximum atomic E-state index is 10.7. The molecule has 1 N–H and O–H groups in total. The average Bonchev–Trinajstić information content (AvgIpc) is 2.63.